The molecule has 136 valence electrons. The molecule has 1 amide bonds. The molecule has 0 aromatic carbocycles. The van der Waals surface area contributed by atoms with Gasteiger partial charge in [-0.1, -0.05) is 33.8 Å². The SMILES string of the molecule is CC(C)c1ccc(C(=O)N(C)C)o1.CC(C)c1cccc(C2CC2)n1. The summed E-state index contributed by atoms with van der Waals surface area (Å²) in [5.41, 5.74) is 2.54. The molecule has 4 heteroatoms. The van der Waals surface area contributed by atoms with E-state index in [9.17, 15) is 4.79 Å². The fraction of sp³-hybridized carbons (Fsp3) is 0.524. The minimum Gasteiger partial charge on any atom is -0.456 e. The molecule has 1 aliphatic rings. The second-order valence-electron chi connectivity index (χ2n) is 7.47. The van der Waals surface area contributed by atoms with Crippen molar-refractivity contribution in [1.82, 2.24) is 9.88 Å². The number of carbonyl (C=O) groups is 1. The Bertz CT molecular complexity index is 680. The molecule has 3 rings (SSSR count). The summed E-state index contributed by atoms with van der Waals surface area (Å²) in [6.45, 7) is 8.45. The summed E-state index contributed by atoms with van der Waals surface area (Å²) in [5, 5.41) is 0. The Balaban J connectivity index is 0.000000181. The zero-order chi connectivity index (χ0) is 18.6. The molecule has 0 N–H and O–H groups in total. The van der Waals surface area contributed by atoms with Gasteiger partial charge < -0.3 is 9.32 Å². The maximum atomic E-state index is 11.4. The predicted octanol–water partition coefficient (Wildman–Crippen LogP) is 5.19. The normalized spacial score (nSPS) is 13.6. The van der Waals surface area contributed by atoms with E-state index in [4.69, 9.17) is 4.42 Å². The van der Waals surface area contributed by atoms with E-state index in [2.05, 4.69) is 37.0 Å². The van der Waals surface area contributed by atoms with E-state index < -0.39 is 0 Å². The third-order valence-electron chi connectivity index (χ3n) is 4.19. The zero-order valence-corrected chi connectivity index (χ0v) is 16.2. The van der Waals surface area contributed by atoms with Crippen LogP contribution >= 0.6 is 0 Å². The first-order valence-corrected chi connectivity index (χ1v) is 9.07. The van der Waals surface area contributed by atoms with Crippen molar-refractivity contribution in [3.8, 4) is 0 Å². The quantitative estimate of drug-likeness (QED) is 0.768. The van der Waals surface area contributed by atoms with E-state index in [0.29, 0.717) is 17.6 Å². The van der Waals surface area contributed by atoms with Gasteiger partial charge in [-0.05, 0) is 43.0 Å². The second-order valence-corrected chi connectivity index (χ2v) is 7.47. The number of pyridine rings is 1. The summed E-state index contributed by atoms with van der Waals surface area (Å²) in [6.07, 6.45) is 2.68. The minimum absolute atomic E-state index is 0.0908. The van der Waals surface area contributed by atoms with E-state index in [1.54, 1.807) is 20.2 Å². The summed E-state index contributed by atoms with van der Waals surface area (Å²) >= 11 is 0. The maximum Gasteiger partial charge on any atom is 0.289 e. The van der Waals surface area contributed by atoms with Crippen LogP contribution in [0.2, 0.25) is 0 Å². The smallest absolute Gasteiger partial charge is 0.289 e. The molecule has 2 heterocycles. The van der Waals surface area contributed by atoms with Crippen LogP contribution in [0.1, 0.15) is 86.0 Å². The minimum atomic E-state index is -0.0908. The number of rotatable bonds is 4. The van der Waals surface area contributed by atoms with Gasteiger partial charge in [0.1, 0.15) is 5.76 Å². The zero-order valence-electron chi connectivity index (χ0n) is 16.2. The summed E-state index contributed by atoms with van der Waals surface area (Å²) < 4.78 is 5.38. The molecule has 2 aromatic heterocycles. The van der Waals surface area contributed by atoms with Gasteiger partial charge >= 0.3 is 0 Å². The van der Waals surface area contributed by atoms with Crippen LogP contribution < -0.4 is 0 Å². The molecule has 2 aromatic rings. The standard InChI is InChI=1S/C11H15N.C10H15NO2/c1-8(2)10-4-3-5-11(12-10)9-6-7-9;1-7(2)8-5-6-9(13-8)10(12)11(3)4/h3-5,8-9H,6-7H2,1-2H3;5-7H,1-4H3. The van der Waals surface area contributed by atoms with Crippen molar-refractivity contribution >= 4 is 5.91 Å². The van der Waals surface area contributed by atoms with Gasteiger partial charge in [0.25, 0.3) is 5.91 Å². The van der Waals surface area contributed by atoms with Gasteiger partial charge in [-0.25, -0.2) is 0 Å². The van der Waals surface area contributed by atoms with Crippen molar-refractivity contribution in [1.29, 1.82) is 0 Å². The van der Waals surface area contributed by atoms with Crippen molar-refractivity contribution in [3.05, 3.63) is 53.2 Å². The Kier molecular flexibility index (Phi) is 6.40. The van der Waals surface area contributed by atoms with Crippen molar-refractivity contribution in [2.45, 2.75) is 58.3 Å². The molecule has 1 saturated carbocycles. The first-order chi connectivity index (χ1) is 11.8. The van der Waals surface area contributed by atoms with Crippen molar-refractivity contribution in [2.75, 3.05) is 14.1 Å². The van der Waals surface area contributed by atoms with Crippen LogP contribution in [0, 0.1) is 0 Å². The number of furan rings is 1. The highest BCUT2D eigenvalue weighted by molar-refractivity contribution is 5.91. The topological polar surface area (TPSA) is 46.3 Å². The molecule has 0 saturated heterocycles. The average molecular weight is 342 g/mol. The number of hydrogen-bond donors (Lipinski definition) is 0. The van der Waals surface area contributed by atoms with Crippen LogP contribution in [0.5, 0.6) is 0 Å². The molecule has 0 spiro atoms. The molecular formula is C21H30N2O2. The lowest BCUT2D eigenvalue weighted by atomic mass is 10.1. The third kappa shape index (κ3) is 5.45. The molecule has 1 aliphatic carbocycles. The number of amides is 1. The first-order valence-electron chi connectivity index (χ1n) is 9.07. The molecule has 0 unspecified atom stereocenters. The Morgan fingerprint density at radius 3 is 2.24 bits per heavy atom. The molecule has 1 fully saturated rings. The van der Waals surface area contributed by atoms with E-state index in [1.165, 1.54) is 29.1 Å². The lowest BCUT2D eigenvalue weighted by Crippen LogP contribution is -2.20. The summed E-state index contributed by atoms with van der Waals surface area (Å²) in [6, 6.07) is 9.98. The molecule has 0 bridgehead atoms. The lowest BCUT2D eigenvalue weighted by molar-refractivity contribution is 0.0794. The summed E-state index contributed by atoms with van der Waals surface area (Å²) in [7, 11) is 3.42. The van der Waals surface area contributed by atoms with E-state index in [0.717, 1.165) is 11.7 Å². The van der Waals surface area contributed by atoms with Crippen LogP contribution in [-0.2, 0) is 0 Å². The Labute approximate surface area is 151 Å². The molecule has 4 nitrogen and oxygen atoms in total. The van der Waals surface area contributed by atoms with Crippen LogP contribution in [-0.4, -0.2) is 29.9 Å². The average Bonchev–Trinajstić information content (AvgIpc) is 3.31. The highest BCUT2D eigenvalue weighted by atomic mass is 16.4. The predicted molar refractivity (Wildman–Crippen MR) is 101 cm³/mol. The number of nitrogens with zero attached hydrogens (tertiary/aromatic N) is 2. The molecule has 0 atom stereocenters. The van der Waals surface area contributed by atoms with E-state index in [1.807, 2.05) is 19.9 Å². The molecule has 0 radical (unpaired) electrons. The highest BCUT2D eigenvalue weighted by Crippen LogP contribution is 2.39. The molecule has 0 aliphatic heterocycles. The molecular weight excluding hydrogens is 312 g/mol. The van der Waals surface area contributed by atoms with Gasteiger partial charge in [-0.3, -0.25) is 9.78 Å². The lowest BCUT2D eigenvalue weighted by Gasteiger charge is -2.07. The number of aromatic nitrogens is 1. The van der Waals surface area contributed by atoms with Crippen molar-refractivity contribution < 1.29 is 9.21 Å². The number of hydrogen-bond acceptors (Lipinski definition) is 3. The van der Waals surface area contributed by atoms with Gasteiger partial charge in [0, 0.05) is 37.3 Å². The monoisotopic (exact) mass is 342 g/mol. The van der Waals surface area contributed by atoms with Crippen LogP contribution in [0.4, 0.5) is 0 Å². The molecule has 25 heavy (non-hydrogen) atoms. The van der Waals surface area contributed by atoms with Crippen molar-refractivity contribution in [3.63, 3.8) is 0 Å². The van der Waals surface area contributed by atoms with Crippen LogP contribution in [0.25, 0.3) is 0 Å². The largest absolute Gasteiger partial charge is 0.456 e. The van der Waals surface area contributed by atoms with Gasteiger partial charge in [0.2, 0.25) is 0 Å². The second kappa shape index (κ2) is 8.32. The maximum absolute atomic E-state index is 11.4. The van der Waals surface area contributed by atoms with Gasteiger partial charge in [0.05, 0.1) is 0 Å². The third-order valence-corrected chi connectivity index (χ3v) is 4.19. The van der Waals surface area contributed by atoms with E-state index >= 15 is 0 Å². The van der Waals surface area contributed by atoms with Crippen LogP contribution in [0.15, 0.2) is 34.7 Å². The highest BCUT2D eigenvalue weighted by Gasteiger charge is 2.24. The van der Waals surface area contributed by atoms with Gasteiger partial charge in [-0.15, -0.1) is 0 Å². The van der Waals surface area contributed by atoms with Crippen molar-refractivity contribution in [2.24, 2.45) is 0 Å². The summed E-state index contributed by atoms with van der Waals surface area (Å²) in [4.78, 5) is 17.5. The first kappa shape index (κ1) is 19.2. The fourth-order valence-electron chi connectivity index (χ4n) is 2.40. The van der Waals surface area contributed by atoms with Gasteiger partial charge in [0.15, 0.2) is 5.76 Å². The van der Waals surface area contributed by atoms with Gasteiger partial charge in [-0.2, -0.15) is 0 Å². The summed E-state index contributed by atoms with van der Waals surface area (Å²) in [5.74, 6) is 2.84. The number of carbonyl (C=O) groups excluding carboxylic acids is 1. The Morgan fingerprint density at radius 2 is 1.76 bits per heavy atom. The fourth-order valence-corrected chi connectivity index (χ4v) is 2.40. The van der Waals surface area contributed by atoms with E-state index in [-0.39, 0.29) is 5.91 Å². The van der Waals surface area contributed by atoms with Crippen LogP contribution in [0.3, 0.4) is 0 Å². The Morgan fingerprint density at radius 1 is 1.08 bits per heavy atom. The Hall–Kier alpha value is -2.10.